The summed E-state index contributed by atoms with van der Waals surface area (Å²) < 4.78 is 5.51. The monoisotopic (exact) mass is 215 g/mol. The molecule has 0 spiro atoms. The van der Waals surface area contributed by atoms with Crippen molar-refractivity contribution in [1.82, 2.24) is 4.90 Å². The highest BCUT2D eigenvalue weighted by atomic mass is 16.6. The van der Waals surface area contributed by atoms with Gasteiger partial charge in [0.15, 0.2) is 0 Å². The van der Waals surface area contributed by atoms with Gasteiger partial charge in [0, 0.05) is 13.0 Å². The number of nitrogens with zero attached hydrogens (tertiary/aromatic N) is 1. The van der Waals surface area contributed by atoms with Crippen LogP contribution < -0.4 is 0 Å². The second-order valence-electron chi connectivity index (χ2n) is 4.89. The number of carbonyl (C=O) groups is 1. The van der Waals surface area contributed by atoms with Crippen molar-refractivity contribution in [2.24, 2.45) is 5.92 Å². The van der Waals surface area contributed by atoms with Gasteiger partial charge in [-0.05, 0) is 26.2 Å². The van der Waals surface area contributed by atoms with E-state index in [1.165, 1.54) is 4.90 Å². The SMILES string of the molecule is CC(C)C(C)(C)OC(O)N1CCCC1=O. The number of rotatable bonds is 4. The number of aliphatic hydroxyl groups is 1. The summed E-state index contributed by atoms with van der Waals surface area (Å²) >= 11 is 0. The van der Waals surface area contributed by atoms with Crippen LogP contribution in [0.4, 0.5) is 0 Å². The van der Waals surface area contributed by atoms with Crippen LogP contribution in [0.2, 0.25) is 0 Å². The average Bonchev–Trinajstić information content (AvgIpc) is 2.50. The first kappa shape index (κ1) is 12.5. The number of carbonyl (C=O) groups excluding carboxylic acids is 1. The Morgan fingerprint density at radius 3 is 2.47 bits per heavy atom. The number of ether oxygens (including phenoxy) is 1. The highest BCUT2D eigenvalue weighted by Crippen LogP contribution is 2.24. The number of amides is 1. The van der Waals surface area contributed by atoms with E-state index < -0.39 is 12.0 Å². The Morgan fingerprint density at radius 1 is 1.47 bits per heavy atom. The van der Waals surface area contributed by atoms with Crippen LogP contribution >= 0.6 is 0 Å². The first-order chi connectivity index (χ1) is 6.84. The number of hydrogen-bond acceptors (Lipinski definition) is 3. The maximum atomic E-state index is 11.4. The molecule has 1 rings (SSSR count). The van der Waals surface area contributed by atoms with Crippen LogP contribution in [0.25, 0.3) is 0 Å². The third-order valence-electron chi connectivity index (χ3n) is 3.18. The minimum Gasteiger partial charge on any atom is -0.351 e. The molecule has 1 saturated heterocycles. The van der Waals surface area contributed by atoms with Gasteiger partial charge in [-0.25, -0.2) is 0 Å². The smallest absolute Gasteiger partial charge is 0.240 e. The van der Waals surface area contributed by atoms with Gasteiger partial charge in [-0.15, -0.1) is 0 Å². The lowest BCUT2D eigenvalue weighted by Crippen LogP contribution is -2.45. The van der Waals surface area contributed by atoms with E-state index in [9.17, 15) is 9.90 Å². The standard InChI is InChI=1S/C11H21NO3/c1-8(2)11(3,4)15-10(14)12-7-5-6-9(12)13/h8,10,14H,5-7H2,1-4H3. The lowest BCUT2D eigenvalue weighted by Gasteiger charge is -2.35. The summed E-state index contributed by atoms with van der Waals surface area (Å²) in [7, 11) is 0. The van der Waals surface area contributed by atoms with E-state index in [0.29, 0.717) is 13.0 Å². The fourth-order valence-electron chi connectivity index (χ4n) is 1.37. The molecule has 15 heavy (non-hydrogen) atoms. The number of aliphatic hydroxyl groups excluding tert-OH is 1. The second-order valence-corrected chi connectivity index (χ2v) is 4.89. The molecular weight excluding hydrogens is 194 g/mol. The van der Waals surface area contributed by atoms with E-state index in [1.807, 2.05) is 27.7 Å². The number of hydrogen-bond donors (Lipinski definition) is 1. The van der Waals surface area contributed by atoms with Crippen molar-refractivity contribution in [3.63, 3.8) is 0 Å². The average molecular weight is 215 g/mol. The van der Waals surface area contributed by atoms with Gasteiger partial charge in [0.2, 0.25) is 12.3 Å². The molecule has 0 aromatic rings. The van der Waals surface area contributed by atoms with Crippen LogP contribution in [0, 0.1) is 5.92 Å². The van der Waals surface area contributed by atoms with Crippen molar-refractivity contribution >= 4 is 5.91 Å². The van der Waals surface area contributed by atoms with Gasteiger partial charge in [0.1, 0.15) is 0 Å². The van der Waals surface area contributed by atoms with Crippen LogP contribution in [0.1, 0.15) is 40.5 Å². The molecule has 0 bridgehead atoms. The molecule has 1 N–H and O–H groups in total. The van der Waals surface area contributed by atoms with E-state index in [0.717, 1.165) is 6.42 Å². The van der Waals surface area contributed by atoms with Gasteiger partial charge < -0.3 is 9.84 Å². The Hall–Kier alpha value is -0.610. The highest BCUT2D eigenvalue weighted by molar-refractivity contribution is 5.78. The fourth-order valence-corrected chi connectivity index (χ4v) is 1.37. The molecule has 1 fully saturated rings. The third-order valence-corrected chi connectivity index (χ3v) is 3.18. The zero-order chi connectivity index (χ0) is 11.6. The molecule has 1 amide bonds. The Balaban J connectivity index is 2.54. The number of likely N-dealkylation sites (tertiary alicyclic amines) is 1. The van der Waals surface area contributed by atoms with Crippen LogP contribution in [0.3, 0.4) is 0 Å². The summed E-state index contributed by atoms with van der Waals surface area (Å²) in [6.07, 6.45) is 0.224. The second kappa shape index (κ2) is 4.49. The van der Waals surface area contributed by atoms with Gasteiger partial charge in [0.05, 0.1) is 5.60 Å². The molecule has 1 heterocycles. The van der Waals surface area contributed by atoms with Crippen molar-refractivity contribution in [2.45, 2.75) is 52.6 Å². The zero-order valence-electron chi connectivity index (χ0n) is 9.99. The molecule has 1 aliphatic rings. The van der Waals surface area contributed by atoms with Crippen LogP contribution in [0.15, 0.2) is 0 Å². The topological polar surface area (TPSA) is 49.8 Å². The Kier molecular flexibility index (Phi) is 3.73. The highest BCUT2D eigenvalue weighted by Gasteiger charge is 2.33. The van der Waals surface area contributed by atoms with Crippen molar-refractivity contribution in [3.8, 4) is 0 Å². The van der Waals surface area contributed by atoms with E-state index in [2.05, 4.69) is 0 Å². The minimum atomic E-state index is -1.10. The molecular formula is C11H21NO3. The quantitative estimate of drug-likeness (QED) is 0.720. The maximum Gasteiger partial charge on any atom is 0.240 e. The predicted molar refractivity (Wildman–Crippen MR) is 57.0 cm³/mol. The minimum absolute atomic E-state index is 0.0259. The summed E-state index contributed by atoms with van der Waals surface area (Å²) in [4.78, 5) is 12.8. The zero-order valence-corrected chi connectivity index (χ0v) is 9.99. The first-order valence-electron chi connectivity index (χ1n) is 5.50. The molecule has 0 aromatic heterocycles. The van der Waals surface area contributed by atoms with E-state index >= 15 is 0 Å². The molecule has 0 aromatic carbocycles. The molecule has 88 valence electrons. The van der Waals surface area contributed by atoms with E-state index in [-0.39, 0.29) is 11.8 Å². The third kappa shape index (κ3) is 2.92. The van der Waals surface area contributed by atoms with Crippen LogP contribution in [0.5, 0.6) is 0 Å². The van der Waals surface area contributed by atoms with Gasteiger partial charge in [-0.1, -0.05) is 13.8 Å². The molecule has 1 atom stereocenters. The molecule has 1 unspecified atom stereocenters. The Morgan fingerprint density at radius 2 is 2.07 bits per heavy atom. The molecule has 0 aliphatic carbocycles. The first-order valence-corrected chi connectivity index (χ1v) is 5.50. The molecule has 0 radical (unpaired) electrons. The summed E-state index contributed by atoms with van der Waals surface area (Å²) in [5.41, 5.74) is -0.428. The van der Waals surface area contributed by atoms with Gasteiger partial charge in [-0.3, -0.25) is 9.69 Å². The van der Waals surface area contributed by atoms with Gasteiger partial charge in [0.25, 0.3) is 0 Å². The van der Waals surface area contributed by atoms with Crippen molar-refractivity contribution in [1.29, 1.82) is 0 Å². The van der Waals surface area contributed by atoms with Crippen molar-refractivity contribution in [2.75, 3.05) is 6.54 Å². The molecule has 0 saturated carbocycles. The van der Waals surface area contributed by atoms with Crippen LogP contribution in [-0.4, -0.2) is 34.5 Å². The van der Waals surface area contributed by atoms with E-state index in [4.69, 9.17) is 4.74 Å². The largest absolute Gasteiger partial charge is 0.351 e. The van der Waals surface area contributed by atoms with Crippen molar-refractivity contribution < 1.29 is 14.6 Å². The molecule has 4 nitrogen and oxygen atoms in total. The summed E-state index contributed by atoms with van der Waals surface area (Å²) in [6.45, 7) is 8.48. The fraction of sp³-hybridized carbons (Fsp3) is 0.909. The molecule has 1 aliphatic heterocycles. The summed E-state index contributed by atoms with van der Waals surface area (Å²) in [6, 6.07) is 0. The summed E-state index contributed by atoms with van der Waals surface area (Å²) in [5.74, 6) is 0.256. The Labute approximate surface area is 91.2 Å². The van der Waals surface area contributed by atoms with E-state index in [1.54, 1.807) is 0 Å². The van der Waals surface area contributed by atoms with Gasteiger partial charge >= 0.3 is 0 Å². The summed E-state index contributed by atoms with van der Waals surface area (Å²) in [5, 5.41) is 9.79. The van der Waals surface area contributed by atoms with Gasteiger partial charge in [-0.2, -0.15) is 0 Å². The lowest BCUT2D eigenvalue weighted by molar-refractivity contribution is -0.245. The van der Waals surface area contributed by atoms with Crippen molar-refractivity contribution in [3.05, 3.63) is 0 Å². The predicted octanol–water partition coefficient (Wildman–Crippen LogP) is 1.34. The Bertz CT molecular complexity index is 238. The normalized spacial score (nSPS) is 20.1. The molecule has 4 heteroatoms. The maximum absolute atomic E-state index is 11.4. The van der Waals surface area contributed by atoms with Crippen LogP contribution in [-0.2, 0) is 9.53 Å². The lowest BCUT2D eigenvalue weighted by atomic mass is 9.95.